The van der Waals surface area contributed by atoms with Crippen LogP contribution in [0.25, 0.3) is 10.2 Å². The Morgan fingerprint density at radius 1 is 1.29 bits per heavy atom. The van der Waals surface area contributed by atoms with Crippen molar-refractivity contribution >= 4 is 33.4 Å². The monoisotopic (exact) mass is 439 g/mol. The Kier molecular flexibility index (Phi) is 6.48. The lowest BCUT2D eigenvalue weighted by Crippen LogP contribution is -2.42. The van der Waals surface area contributed by atoms with Crippen molar-refractivity contribution in [2.75, 3.05) is 26.3 Å². The highest BCUT2D eigenvalue weighted by atomic mass is 32.1. The molecule has 1 fully saturated rings. The summed E-state index contributed by atoms with van der Waals surface area (Å²) in [5.74, 6) is 0.400. The van der Waals surface area contributed by atoms with Gasteiger partial charge in [-0.25, -0.2) is 4.98 Å². The minimum Gasteiger partial charge on any atom is -0.494 e. The number of benzene rings is 1. The quantitative estimate of drug-likeness (QED) is 0.609. The van der Waals surface area contributed by atoms with E-state index in [4.69, 9.17) is 15.2 Å². The van der Waals surface area contributed by atoms with Gasteiger partial charge in [0.1, 0.15) is 21.6 Å². The normalized spacial score (nSPS) is 16.4. The van der Waals surface area contributed by atoms with Gasteiger partial charge in [-0.15, -0.1) is 11.3 Å². The lowest BCUT2D eigenvalue weighted by molar-refractivity contribution is -0.138. The van der Waals surface area contributed by atoms with Gasteiger partial charge in [0.15, 0.2) is 0 Å². The molecule has 2 aromatic heterocycles. The highest BCUT2D eigenvalue weighted by Crippen LogP contribution is 2.37. The SMILES string of the molecule is CCOc1ccc(CCC(=O)N2CCO[C@@H](c3c(C(N)=O)sc4ncccc34)C2)cc1. The molecule has 1 aliphatic heterocycles. The van der Waals surface area contributed by atoms with Gasteiger partial charge in [0.2, 0.25) is 5.91 Å². The highest BCUT2D eigenvalue weighted by molar-refractivity contribution is 7.20. The van der Waals surface area contributed by atoms with Crippen LogP contribution in [-0.2, 0) is 16.0 Å². The first-order chi connectivity index (χ1) is 15.1. The van der Waals surface area contributed by atoms with Crippen molar-refractivity contribution in [3.63, 3.8) is 0 Å². The summed E-state index contributed by atoms with van der Waals surface area (Å²) in [5, 5.41) is 0.856. The van der Waals surface area contributed by atoms with Crippen molar-refractivity contribution in [1.82, 2.24) is 9.88 Å². The zero-order valence-corrected chi connectivity index (χ0v) is 18.2. The number of nitrogens with two attached hydrogens (primary N) is 1. The Labute approximate surface area is 184 Å². The van der Waals surface area contributed by atoms with Gasteiger partial charge in [-0.05, 0) is 37.1 Å². The number of morpholine rings is 1. The molecular weight excluding hydrogens is 414 g/mol. The Morgan fingerprint density at radius 2 is 2.10 bits per heavy atom. The van der Waals surface area contributed by atoms with Crippen LogP contribution in [-0.4, -0.2) is 48.0 Å². The molecule has 1 atom stereocenters. The number of amides is 2. The van der Waals surface area contributed by atoms with Gasteiger partial charge in [0.25, 0.3) is 5.91 Å². The first-order valence-electron chi connectivity index (χ1n) is 10.3. The second kappa shape index (κ2) is 9.45. The molecule has 1 aliphatic rings. The van der Waals surface area contributed by atoms with E-state index in [1.807, 2.05) is 48.2 Å². The third-order valence-electron chi connectivity index (χ3n) is 5.33. The summed E-state index contributed by atoms with van der Waals surface area (Å²) in [7, 11) is 0. The number of fused-ring (bicyclic) bond motifs is 1. The number of hydrogen-bond donors (Lipinski definition) is 1. The van der Waals surface area contributed by atoms with Crippen LogP contribution in [0.15, 0.2) is 42.6 Å². The summed E-state index contributed by atoms with van der Waals surface area (Å²) < 4.78 is 11.4. The number of aromatic nitrogens is 1. The van der Waals surface area contributed by atoms with Crippen molar-refractivity contribution in [3.05, 3.63) is 58.6 Å². The van der Waals surface area contributed by atoms with E-state index in [1.165, 1.54) is 11.3 Å². The summed E-state index contributed by atoms with van der Waals surface area (Å²) in [4.78, 5) is 32.3. The van der Waals surface area contributed by atoms with Crippen molar-refractivity contribution in [3.8, 4) is 5.75 Å². The van der Waals surface area contributed by atoms with Gasteiger partial charge in [0.05, 0.1) is 19.8 Å². The molecule has 3 aromatic rings. The largest absolute Gasteiger partial charge is 0.494 e. The molecule has 1 saturated heterocycles. The van der Waals surface area contributed by atoms with Gasteiger partial charge in [-0.2, -0.15) is 0 Å². The van der Waals surface area contributed by atoms with Crippen molar-refractivity contribution in [2.24, 2.45) is 5.73 Å². The van der Waals surface area contributed by atoms with Crippen LogP contribution in [0.3, 0.4) is 0 Å². The van der Waals surface area contributed by atoms with Crippen LogP contribution in [0.5, 0.6) is 5.75 Å². The van der Waals surface area contributed by atoms with Gasteiger partial charge in [-0.3, -0.25) is 9.59 Å². The first kappa shape index (κ1) is 21.3. The molecule has 0 spiro atoms. The predicted octanol–water partition coefficient (Wildman–Crippen LogP) is 3.33. The Bertz CT molecular complexity index is 1080. The fourth-order valence-electron chi connectivity index (χ4n) is 3.83. The van der Waals surface area contributed by atoms with Crippen LogP contribution in [0, 0.1) is 0 Å². The number of nitrogens with zero attached hydrogens (tertiary/aromatic N) is 2. The fraction of sp³-hybridized carbons (Fsp3) is 0.348. The lowest BCUT2D eigenvalue weighted by atomic mass is 10.0. The van der Waals surface area contributed by atoms with Gasteiger partial charge >= 0.3 is 0 Å². The smallest absolute Gasteiger partial charge is 0.259 e. The molecule has 3 heterocycles. The van der Waals surface area contributed by atoms with E-state index in [2.05, 4.69) is 4.98 Å². The number of primary amides is 1. The molecule has 0 radical (unpaired) electrons. The van der Waals surface area contributed by atoms with Crippen LogP contribution >= 0.6 is 11.3 Å². The van der Waals surface area contributed by atoms with Gasteiger partial charge in [-0.1, -0.05) is 18.2 Å². The Hall–Kier alpha value is -2.97. The average Bonchev–Trinajstić information content (AvgIpc) is 3.19. The maximum atomic E-state index is 12.9. The maximum absolute atomic E-state index is 12.9. The summed E-state index contributed by atoms with van der Waals surface area (Å²) in [5.41, 5.74) is 7.45. The van der Waals surface area contributed by atoms with Gasteiger partial charge in [0, 0.05) is 30.1 Å². The first-order valence-corrected chi connectivity index (χ1v) is 11.2. The molecule has 162 valence electrons. The molecule has 8 heteroatoms. The minimum atomic E-state index is -0.499. The van der Waals surface area contributed by atoms with E-state index < -0.39 is 12.0 Å². The molecule has 0 unspecified atom stereocenters. The topological polar surface area (TPSA) is 94.7 Å². The summed E-state index contributed by atoms with van der Waals surface area (Å²) in [6.45, 7) is 3.91. The summed E-state index contributed by atoms with van der Waals surface area (Å²) >= 11 is 1.27. The third kappa shape index (κ3) is 4.70. The molecule has 7 nitrogen and oxygen atoms in total. The number of pyridine rings is 1. The van der Waals surface area contributed by atoms with E-state index in [0.717, 1.165) is 27.1 Å². The van der Waals surface area contributed by atoms with E-state index in [0.29, 0.717) is 44.0 Å². The number of carbonyl (C=O) groups excluding carboxylic acids is 2. The predicted molar refractivity (Wildman–Crippen MR) is 119 cm³/mol. The average molecular weight is 440 g/mol. The van der Waals surface area contributed by atoms with Crippen LogP contribution in [0.4, 0.5) is 0 Å². The standard InChI is InChI=1S/C23H25N3O4S/c1-2-29-16-8-5-15(6-9-16)7-10-19(27)26-12-13-30-18(14-26)20-17-4-3-11-25-23(17)31-21(20)22(24)28/h3-6,8-9,11,18H,2,7,10,12-14H2,1H3,(H2,24,28)/t18-/m1/s1. The summed E-state index contributed by atoms with van der Waals surface area (Å²) in [6.07, 6.45) is 2.36. The molecule has 1 aromatic carbocycles. The Morgan fingerprint density at radius 3 is 2.84 bits per heavy atom. The maximum Gasteiger partial charge on any atom is 0.259 e. The molecule has 0 aliphatic carbocycles. The number of carbonyl (C=O) groups is 2. The zero-order valence-electron chi connectivity index (χ0n) is 17.4. The molecular formula is C23H25N3O4S. The second-order valence-electron chi connectivity index (χ2n) is 7.34. The van der Waals surface area contributed by atoms with Crippen LogP contribution < -0.4 is 10.5 Å². The van der Waals surface area contributed by atoms with E-state index in [9.17, 15) is 9.59 Å². The highest BCUT2D eigenvalue weighted by Gasteiger charge is 2.31. The summed E-state index contributed by atoms with van der Waals surface area (Å²) in [6, 6.07) is 11.6. The van der Waals surface area contributed by atoms with E-state index in [1.54, 1.807) is 6.20 Å². The van der Waals surface area contributed by atoms with E-state index >= 15 is 0 Å². The van der Waals surface area contributed by atoms with Crippen molar-refractivity contribution in [2.45, 2.75) is 25.9 Å². The number of hydrogen-bond acceptors (Lipinski definition) is 6. The number of ether oxygens (including phenoxy) is 2. The molecule has 0 bridgehead atoms. The van der Waals surface area contributed by atoms with Crippen molar-refractivity contribution in [1.29, 1.82) is 0 Å². The second-order valence-corrected chi connectivity index (χ2v) is 8.34. The zero-order chi connectivity index (χ0) is 21.8. The number of aryl methyl sites for hydroxylation is 1. The number of thiophene rings is 1. The third-order valence-corrected chi connectivity index (χ3v) is 6.48. The van der Waals surface area contributed by atoms with Crippen LogP contribution in [0.2, 0.25) is 0 Å². The van der Waals surface area contributed by atoms with Crippen molar-refractivity contribution < 1.29 is 19.1 Å². The van der Waals surface area contributed by atoms with E-state index in [-0.39, 0.29) is 5.91 Å². The number of rotatable bonds is 7. The minimum absolute atomic E-state index is 0.0699. The Balaban J connectivity index is 1.45. The molecule has 31 heavy (non-hydrogen) atoms. The molecule has 4 rings (SSSR count). The molecule has 0 saturated carbocycles. The van der Waals surface area contributed by atoms with Gasteiger partial charge < -0.3 is 20.1 Å². The van der Waals surface area contributed by atoms with Crippen LogP contribution in [0.1, 0.15) is 40.2 Å². The fourth-order valence-corrected chi connectivity index (χ4v) is 4.88. The molecule has 2 N–H and O–H groups in total. The lowest BCUT2D eigenvalue weighted by Gasteiger charge is -2.33. The molecule has 2 amide bonds.